The lowest BCUT2D eigenvalue weighted by Crippen LogP contribution is -2.29. The first-order valence-electron chi connectivity index (χ1n) is 13.7. The number of hydrogen-bond acceptors (Lipinski definition) is 8. The third kappa shape index (κ3) is 4.86. The van der Waals surface area contributed by atoms with E-state index < -0.39 is 23.5 Å². The second kappa shape index (κ2) is 10.9. The second-order valence-corrected chi connectivity index (χ2v) is 12.6. The standard InChI is InChI=1S/C33H24FN3O4S2/c1-18-15-22-16-20(13-14-26(22)41-18)29(38)27-28(24-11-4-5-12-25(24)34)37(31(40)30(27)39)32-35-36-33(43-32)42-17-21-9-6-8-19-7-2-3-10-23(19)21/h2-14,16,18,28,38H,15,17H2,1H3/b29-27+/t18-,28+/m0/s1. The molecule has 43 heavy (non-hydrogen) atoms. The molecule has 0 spiro atoms. The number of anilines is 1. The highest BCUT2D eigenvalue weighted by molar-refractivity contribution is 8.00. The number of amides is 1. The van der Waals surface area contributed by atoms with Crippen LogP contribution in [0.4, 0.5) is 9.52 Å². The summed E-state index contributed by atoms with van der Waals surface area (Å²) in [4.78, 5) is 28.2. The molecule has 4 aromatic carbocycles. The number of ether oxygens (including phenoxy) is 1. The number of ketones is 1. The van der Waals surface area contributed by atoms with Gasteiger partial charge in [0.2, 0.25) is 5.13 Å². The van der Waals surface area contributed by atoms with Crippen LogP contribution in [0.15, 0.2) is 94.8 Å². The zero-order valence-corrected chi connectivity index (χ0v) is 24.5. The number of nitrogens with zero attached hydrogens (tertiary/aromatic N) is 3. The predicted octanol–water partition coefficient (Wildman–Crippen LogP) is 7.07. The molecule has 1 aromatic heterocycles. The van der Waals surface area contributed by atoms with Crippen molar-refractivity contribution < 1.29 is 23.8 Å². The quantitative estimate of drug-likeness (QED) is 0.0724. The van der Waals surface area contributed by atoms with Crippen molar-refractivity contribution in [1.29, 1.82) is 0 Å². The number of rotatable bonds is 6. The average Bonchev–Trinajstić information content (AvgIpc) is 3.70. The number of aromatic nitrogens is 2. The fourth-order valence-corrected chi connectivity index (χ4v) is 7.53. The highest BCUT2D eigenvalue weighted by Crippen LogP contribution is 2.45. The largest absolute Gasteiger partial charge is 0.507 e. The fourth-order valence-electron chi connectivity index (χ4n) is 5.66. The Balaban J connectivity index is 1.26. The molecule has 0 saturated carbocycles. The molecule has 2 aliphatic rings. The minimum Gasteiger partial charge on any atom is -0.507 e. The monoisotopic (exact) mass is 609 g/mol. The molecule has 3 heterocycles. The molecule has 1 saturated heterocycles. The average molecular weight is 610 g/mol. The molecule has 0 bridgehead atoms. The van der Waals surface area contributed by atoms with Gasteiger partial charge < -0.3 is 9.84 Å². The lowest BCUT2D eigenvalue weighted by atomic mass is 9.94. The summed E-state index contributed by atoms with van der Waals surface area (Å²) in [6.07, 6.45) is 0.632. The molecule has 7 rings (SSSR count). The van der Waals surface area contributed by atoms with E-state index in [-0.39, 0.29) is 28.1 Å². The van der Waals surface area contributed by atoms with Crippen LogP contribution in [-0.4, -0.2) is 33.1 Å². The first-order valence-corrected chi connectivity index (χ1v) is 15.5. The number of fused-ring (bicyclic) bond motifs is 2. The lowest BCUT2D eigenvalue weighted by molar-refractivity contribution is -0.132. The van der Waals surface area contributed by atoms with Crippen LogP contribution in [0.2, 0.25) is 0 Å². The van der Waals surface area contributed by atoms with Crippen molar-refractivity contribution in [3.63, 3.8) is 0 Å². The molecule has 2 aliphatic heterocycles. The molecule has 1 amide bonds. The van der Waals surface area contributed by atoms with Crippen molar-refractivity contribution in [1.82, 2.24) is 10.2 Å². The Kier molecular flexibility index (Phi) is 6.95. The number of aliphatic hydroxyl groups is 1. The molecule has 5 aromatic rings. The molecule has 10 heteroatoms. The molecular weight excluding hydrogens is 586 g/mol. The topological polar surface area (TPSA) is 92.6 Å². The molecular formula is C33H24FN3O4S2. The van der Waals surface area contributed by atoms with Crippen molar-refractivity contribution in [3.05, 3.63) is 119 Å². The van der Waals surface area contributed by atoms with Gasteiger partial charge in [0.15, 0.2) is 4.34 Å². The van der Waals surface area contributed by atoms with Crippen molar-refractivity contribution in [2.24, 2.45) is 0 Å². The molecule has 0 radical (unpaired) electrons. The lowest BCUT2D eigenvalue weighted by Gasteiger charge is -2.23. The Hall–Kier alpha value is -4.54. The highest BCUT2D eigenvalue weighted by Gasteiger charge is 2.49. The maximum atomic E-state index is 15.3. The Morgan fingerprint density at radius 3 is 2.70 bits per heavy atom. The summed E-state index contributed by atoms with van der Waals surface area (Å²) in [5.74, 6) is -1.50. The Morgan fingerprint density at radius 2 is 1.84 bits per heavy atom. The summed E-state index contributed by atoms with van der Waals surface area (Å²) in [5, 5.41) is 22.4. The number of carbonyl (C=O) groups excluding carboxylic acids is 2. The van der Waals surface area contributed by atoms with E-state index in [4.69, 9.17) is 4.74 Å². The second-order valence-electron chi connectivity index (χ2n) is 10.4. The van der Waals surface area contributed by atoms with Gasteiger partial charge in [0, 0.05) is 23.3 Å². The van der Waals surface area contributed by atoms with Gasteiger partial charge in [0.05, 0.1) is 5.57 Å². The van der Waals surface area contributed by atoms with E-state index in [2.05, 4.69) is 34.5 Å². The molecule has 0 aliphatic carbocycles. The molecule has 7 nitrogen and oxygen atoms in total. The van der Waals surface area contributed by atoms with Crippen LogP contribution in [0, 0.1) is 5.82 Å². The van der Waals surface area contributed by atoms with Crippen LogP contribution in [0.1, 0.15) is 35.2 Å². The van der Waals surface area contributed by atoms with Crippen molar-refractivity contribution in [2.75, 3.05) is 4.90 Å². The van der Waals surface area contributed by atoms with Crippen LogP contribution >= 0.6 is 23.1 Å². The number of Topliss-reactive ketones (excluding diaryl/α,β-unsaturated/α-hetero) is 1. The van der Waals surface area contributed by atoms with Crippen molar-refractivity contribution >= 4 is 56.5 Å². The zero-order valence-electron chi connectivity index (χ0n) is 22.9. The summed E-state index contributed by atoms with van der Waals surface area (Å²) in [7, 11) is 0. The summed E-state index contributed by atoms with van der Waals surface area (Å²) in [6, 6.07) is 24.0. The zero-order chi connectivity index (χ0) is 29.7. The first-order chi connectivity index (χ1) is 20.9. The molecule has 1 N–H and O–H groups in total. The first kappa shape index (κ1) is 27.3. The van der Waals surface area contributed by atoms with Gasteiger partial charge in [-0.25, -0.2) is 4.39 Å². The maximum absolute atomic E-state index is 15.3. The van der Waals surface area contributed by atoms with E-state index >= 15 is 4.39 Å². The summed E-state index contributed by atoms with van der Waals surface area (Å²) in [6.45, 7) is 1.94. The van der Waals surface area contributed by atoms with Crippen LogP contribution in [0.5, 0.6) is 5.75 Å². The van der Waals surface area contributed by atoms with Crippen LogP contribution in [-0.2, 0) is 21.8 Å². The minimum atomic E-state index is -1.23. The van der Waals surface area contributed by atoms with Gasteiger partial charge in [0.1, 0.15) is 29.5 Å². The van der Waals surface area contributed by atoms with Crippen molar-refractivity contribution in [3.8, 4) is 5.75 Å². The fraction of sp³-hybridized carbons (Fsp3) is 0.152. The van der Waals surface area contributed by atoms with Crippen molar-refractivity contribution in [2.45, 2.75) is 35.6 Å². The van der Waals surface area contributed by atoms with Gasteiger partial charge in [-0.3, -0.25) is 14.5 Å². The number of carbonyl (C=O) groups is 2. The van der Waals surface area contributed by atoms with Gasteiger partial charge in [-0.15, -0.1) is 10.2 Å². The van der Waals surface area contributed by atoms with E-state index in [0.717, 1.165) is 38.1 Å². The maximum Gasteiger partial charge on any atom is 0.301 e. The smallest absolute Gasteiger partial charge is 0.301 e. The molecule has 1 fully saturated rings. The summed E-state index contributed by atoms with van der Waals surface area (Å²) in [5.41, 5.74) is 2.22. The Morgan fingerprint density at radius 1 is 1.05 bits per heavy atom. The van der Waals surface area contributed by atoms with Crippen LogP contribution in [0.3, 0.4) is 0 Å². The number of halogens is 1. The van der Waals surface area contributed by atoms with Crippen LogP contribution < -0.4 is 9.64 Å². The number of thioether (sulfide) groups is 1. The normalized spacial score (nSPS) is 19.2. The van der Waals surface area contributed by atoms with Gasteiger partial charge in [-0.2, -0.15) is 0 Å². The Labute approximate surface area is 254 Å². The van der Waals surface area contributed by atoms with E-state index in [1.165, 1.54) is 30.0 Å². The molecule has 214 valence electrons. The number of benzene rings is 4. The van der Waals surface area contributed by atoms with E-state index in [1.807, 2.05) is 25.1 Å². The third-order valence-corrected chi connectivity index (χ3v) is 9.75. The van der Waals surface area contributed by atoms with Gasteiger partial charge >= 0.3 is 5.91 Å². The number of aliphatic hydroxyl groups excluding tert-OH is 1. The van der Waals surface area contributed by atoms with Gasteiger partial charge in [0.25, 0.3) is 5.78 Å². The van der Waals surface area contributed by atoms with Gasteiger partial charge in [-0.05, 0) is 53.1 Å². The van der Waals surface area contributed by atoms with Gasteiger partial charge in [-0.1, -0.05) is 83.8 Å². The van der Waals surface area contributed by atoms with E-state index in [1.54, 1.807) is 24.3 Å². The van der Waals surface area contributed by atoms with E-state index in [9.17, 15) is 14.7 Å². The highest BCUT2D eigenvalue weighted by atomic mass is 32.2. The Bertz CT molecular complexity index is 1950. The molecule has 0 unspecified atom stereocenters. The third-order valence-electron chi connectivity index (χ3n) is 7.65. The molecule has 2 atom stereocenters. The van der Waals surface area contributed by atoms with E-state index in [0.29, 0.717) is 27.8 Å². The van der Waals surface area contributed by atoms with Crippen LogP contribution in [0.25, 0.3) is 16.5 Å². The number of hydrogen-bond donors (Lipinski definition) is 1. The summed E-state index contributed by atoms with van der Waals surface area (Å²) < 4.78 is 21.6. The predicted molar refractivity (Wildman–Crippen MR) is 165 cm³/mol. The minimum absolute atomic E-state index is 0.0125. The SMILES string of the molecule is C[C@H]1Cc2cc(/C(O)=C3\C(=O)C(=O)N(c4nnc(SCc5cccc6ccccc56)s4)[C@@H]3c3ccccc3F)ccc2O1. The summed E-state index contributed by atoms with van der Waals surface area (Å²) >= 11 is 2.60.